The number of fused-ring (bicyclic) bond motifs is 2. The van der Waals surface area contributed by atoms with Crippen molar-refractivity contribution in [2.45, 2.75) is 0 Å². The summed E-state index contributed by atoms with van der Waals surface area (Å²) in [7, 11) is 0. The highest BCUT2D eigenvalue weighted by atomic mass is 16.5. The van der Waals surface area contributed by atoms with Crippen molar-refractivity contribution in [2.24, 2.45) is 10.2 Å². The molecule has 2 aromatic heterocycles. The highest BCUT2D eigenvalue weighted by Gasteiger charge is 2.12. The van der Waals surface area contributed by atoms with Gasteiger partial charge < -0.3 is 15.3 Å². The predicted octanol–water partition coefficient (Wildman–Crippen LogP) is 3.24. The maximum absolute atomic E-state index is 12.1. The maximum atomic E-state index is 12.1. The number of nitrogens with zero attached hydrogens (tertiary/aromatic N) is 4. The van der Waals surface area contributed by atoms with Crippen molar-refractivity contribution in [1.82, 2.24) is 14.7 Å². The van der Waals surface area contributed by atoms with Crippen LogP contribution in [0.3, 0.4) is 0 Å². The third kappa shape index (κ3) is 2.09. The van der Waals surface area contributed by atoms with Crippen molar-refractivity contribution >= 4 is 33.4 Å². The van der Waals surface area contributed by atoms with Crippen molar-refractivity contribution in [3.8, 4) is 5.88 Å². The van der Waals surface area contributed by atoms with Crippen molar-refractivity contribution in [3.05, 3.63) is 58.9 Å². The summed E-state index contributed by atoms with van der Waals surface area (Å²) in [6.07, 6.45) is 0. The molecule has 0 aliphatic heterocycles. The Morgan fingerprint density at radius 3 is 2.54 bits per heavy atom. The zero-order valence-electron chi connectivity index (χ0n) is 12.2. The van der Waals surface area contributed by atoms with Gasteiger partial charge in [0.2, 0.25) is 5.88 Å². The average molecular weight is 321 g/mol. The summed E-state index contributed by atoms with van der Waals surface area (Å²) in [5.74, 6) is -0.434. The fourth-order valence-corrected chi connectivity index (χ4v) is 2.49. The van der Waals surface area contributed by atoms with E-state index >= 15 is 0 Å². The molecule has 8 nitrogen and oxygen atoms in total. The highest BCUT2D eigenvalue weighted by molar-refractivity contribution is 5.94. The molecule has 8 heteroatoms. The Bertz CT molecular complexity index is 1160. The van der Waals surface area contributed by atoms with Gasteiger partial charge in [-0.1, -0.05) is 30.3 Å². The van der Waals surface area contributed by atoms with Crippen molar-refractivity contribution in [1.29, 1.82) is 0 Å². The second-order valence-electron chi connectivity index (χ2n) is 5.11. The van der Waals surface area contributed by atoms with Crippen LogP contribution in [0.2, 0.25) is 0 Å². The van der Waals surface area contributed by atoms with E-state index in [9.17, 15) is 15.1 Å². The van der Waals surface area contributed by atoms with Crippen LogP contribution in [-0.4, -0.2) is 25.0 Å². The van der Waals surface area contributed by atoms with Crippen molar-refractivity contribution in [2.75, 3.05) is 0 Å². The molecule has 3 N–H and O–H groups in total. The molecule has 0 bridgehead atoms. The molecule has 0 fully saturated rings. The van der Waals surface area contributed by atoms with Crippen LogP contribution in [0.5, 0.6) is 5.88 Å². The minimum Gasteiger partial charge on any atom is -0.493 e. The Morgan fingerprint density at radius 1 is 1.00 bits per heavy atom. The zero-order valence-corrected chi connectivity index (χ0v) is 12.2. The van der Waals surface area contributed by atoms with Gasteiger partial charge in [0.05, 0.1) is 16.4 Å². The van der Waals surface area contributed by atoms with Gasteiger partial charge in [0.1, 0.15) is 0 Å². The summed E-state index contributed by atoms with van der Waals surface area (Å²) in [5, 5.41) is 28.6. The van der Waals surface area contributed by atoms with Gasteiger partial charge in [-0.15, -0.1) is 15.0 Å². The Morgan fingerprint density at radius 2 is 1.71 bits per heavy atom. The smallest absolute Gasteiger partial charge is 0.295 e. The number of rotatable bonds is 2. The molecule has 4 aromatic rings. The minimum absolute atomic E-state index is 0.160. The molecule has 2 heterocycles. The number of aromatic nitrogens is 3. The third-order valence-corrected chi connectivity index (χ3v) is 3.64. The number of nitrogens with one attached hydrogen (secondary N) is 1. The minimum atomic E-state index is -0.641. The molecule has 2 aromatic carbocycles. The first kappa shape index (κ1) is 13.9. The highest BCUT2D eigenvalue weighted by Crippen LogP contribution is 2.35. The van der Waals surface area contributed by atoms with Crippen LogP contribution in [0.15, 0.2) is 63.6 Å². The van der Waals surface area contributed by atoms with Gasteiger partial charge in [-0.25, -0.2) is 4.98 Å². The Hall–Kier alpha value is -3.68. The SMILES string of the molecule is O=c1c2ccccc2nc(N=Nc2c(O)[nH]c3ccccc23)n1O. The van der Waals surface area contributed by atoms with Crippen LogP contribution in [-0.2, 0) is 0 Å². The largest absolute Gasteiger partial charge is 0.493 e. The molecule has 0 aliphatic carbocycles. The lowest BCUT2D eigenvalue weighted by Crippen LogP contribution is -2.18. The molecular formula is C16H11N5O3. The first-order chi connectivity index (χ1) is 11.6. The Labute approximate surface area is 134 Å². The third-order valence-electron chi connectivity index (χ3n) is 3.64. The standard InChI is InChI=1S/C16H11N5O3/c22-14-13(9-5-1-3-7-11(9)17-14)19-20-16-18-12-8-4-2-6-10(12)15(23)21(16)24/h1-8,17,22,24H. The molecule has 0 radical (unpaired) electrons. The molecule has 0 aliphatic rings. The van der Waals surface area contributed by atoms with Gasteiger partial charge in [-0.2, -0.15) is 0 Å². The van der Waals surface area contributed by atoms with Crippen LogP contribution in [0.25, 0.3) is 21.8 Å². The van der Waals surface area contributed by atoms with Crippen molar-refractivity contribution in [3.63, 3.8) is 0 Å². The number of hydrogen-bond acceptors (Lipinski definition) is 6. The summed E-state index contributed by atoms with van der Waals surface area (Å²) in [6.45, 7) is 0. The predicted molar refractivity (Wildman–Crippen MR) is 87.3 cm³/mol. The number of H-pyrrole nitrogens is 1. The molecule has 24 heavy (non-hydrogen) atoms. The van der Waals surface area contributed by atoms with Gasteiger partial charge in [-0.05, 0) is 18.2 Å². The Balaban J connectivity index is 1.87. The van der Waals surface area contributed by atoms with Gasteiger partial charge in [0.25, 0.3) is 11.5 Å². The summed E-state index contributed by atoms with van der Waals surface area (Å²) in [4.78, 5) is 19.0. The summed E-state index contributed by atoms with van der Waals surface area (Å²) >= 11 is 0. The van der Waals surface area contributed by atoms with Crippen LogP contribution >= 0.6 is 0 Å². The molecule has 0 saturated carbocycles. The molecular weight excluding hydrogens is 310 g/mol. The zero-order chi connectivity index (χ0) is 16.7. The number of benzene rings is 2. The lowest BCUT2D eigenvalue weighted by atomic mass is 10.2. The van der Waals surface area contributed by atoms with Gasteiger partial charge >= 0.3 is 0 Å². The summed E-state index contributed by atoms with van der Waals surface area (Å²) in [6, 6.07) is 13.8. The van der Waals surface area contributed by atoms with E-state index in [4.69, 9.17) is 0 Å². The van der Waals surface area contributed by atoms with E-state index in [1.54, 1.807) is 42.5 Å². The van der Waals surface area contributed by atoms with Crippen molar-refractivity contribution < 1.29 is 10.3 Å². The van der Waals surface area contributed by atoms with Gasteiger partial charge in [-0.3, -0.25) is 4.79 Å². The van der Waals surface area contributed by atoms with E-state index in [1.165, 1.54) is 0 Å². The lowest BCUT2D eigenvalue weighted by molar-refractivity contribution is 0.178. The van der Waals surface area contributed by atoms with Crippen LogP contribution < -0.4 is 5.56 Å². The molecule has 0 saturated heterocycles. The second kappa shape index (κ2) is 5.20. The van der Waals surface area contributed by atoms with E-state index in [-0.39, 0.29) is 22.9 Å². The quantitative estimate of drug-likeness (QED) is 0.388. The van der Waals surface area contributed by atoms with E-state index in [0.717, 1.165) is 0 Å². The maximum Gasteiger partial charge on any atom is 0.295 e. The first-order valence-corrected chi connectivity index (χ1v) is 7.07. The van der Waals surface area contributed by atoms with E-state index in [1.807, 2.05) is 6.07 Å². The van der Waals surface area contributed by atoms with Gasteiger partial charge in [0.15, 0.2) is 5.69 Å². The van der Waals surface area contributed by atoms with E-state index in [2.05, 4.69) is 20.2 Å². The van der Waals surface area contributed by atoms with Crippen LogP contribution in [0, 0.1) is 0 Å². The fourth-order valence-electron chi connectivity index (χ4n) is 2.49. The van der Waals surface area contributed by atoms with Gasteiger partial charge in [0, 0.05) is 5.39 Å². The van der Waals surface area contributed by atoms with E-state index in [0.29, 0.717) is 21.2 Å². The molecule has 0 spiro atoms. The summed E-state index contributed by atoms with van der Waals surface area (Å²) < 4.78 is 0.331. The molecule has 0 unspecified atom stereocenters. The molecule has 4 rings (SSSR count). The first-order valence-electron chi connectivity index (χ1n) is 7.07. The number of hydrogen-bond donors (Lipinski definition) is 3. The normalized spacial score (nSPS) is 11.7. The average Bonchev–Trinajstić information content (AvgIpc) is 2.92. The number of aromatic hydroxyl groups is 1. The Kier molecular flexibility index (Phi) is 3.02. The number of para-hydroxylation sites is 2. The number of azo groups is 1. The number of aromatic amines is 1. The van der Waals surface area contributed by atoms with Crippen LogP contribution in [0.1, 0.15) is 0 Å². The molecule has 0 atom stereocenters. The van der Waals surface area contributed by atoms with E-state index < -0.39 is 5.56 Å². The summed E-state index contributed by atoms with van der Waals surface area (Å²) in [5.41, 5.74) is 0.646. The molecule has 118 valence electrons. The molecule has 0 amide bonds. The second-order valence-corrected chi connectivity index (χ2v) is 5.11. The topological polar surface area (TPSA) is 116 Å². The van der Waals surface area contributed by atoms with Crippen LogP contribution in [0.4, 0.5) is 11.6 Å². The monoisotopic (exact) mass is 321 g/mol. The lowest BCUT2D eigenvalue weighted by Gasteiger charge is -2.02. The fraction of sp³-hybridized carbons (Fsp3) is 0.